The molecule has 5 heteroatoms. The molecule has 0 aliphatic rings. The van der Waals surface area contributed by atoms with Crippen molar-refractivity contribution >= 4 is 16.8 Å². The number of aromatic amines is 1. The first-order valence-electron chi connectivity index (χ1n) is 6.20. The van der Waals surface area contributed by atoms with Crippen molar-refractivity contribution in [2.75, 3.05) is 13.6 Å². The van der Waals surface area contributed by atoms with E-state index in [4.69, 9.17) is 0 Å². The van der Waals surface area contributed by atoms with Crippen LogP contribution in [0.1, 0.15) is 29.9 Å². The van der Waals surface area contributed by atoms with Crippen molar-refractivity contribution in [3.8, 4) is 0 Å². The standard InChI is InChI=1S/C14H19N3O2/c1-9-5-6-11-10(7-9)12(16-15-11)13(18)17(4)8-14(2,3)19/h5-7,19H,8H2,1-4H3,(H,15,16). The summed E-state index contributed by atoms with van der Waals surface area (Å²) in [6, 6.07) is 5.81. The predicted molar refractivity (Wildman–Crippen MR) is 74.1 cm³/mol. The molecule has 0 aliphatic heterocycles. The maximum absolute atomic E-state index is 12.3. The number of aliphatic hydroxyl groups is 1. The van der Waals surface area contributed by atoms with E-state index in [0.29, 0.717) is 5.69 Å². The number of H-pyrrole nitrogens is 1. The number of carbonyl (C=O) groups excluding carboxylic acids is 1. The van der Waals surface area contributed by atoms with Crippen molar-refractivity contribution in [3.63, 3.8) is 0 Å². The molecule has 0 aliphatic carbocycles. The maximum atomic E-state index is 12.3. The van der Waals surface area contributed by atoms with Crippen molar-refractivity contribution in [2.45, 2.75) is 26.4 Å². The minimum absolute atomic E-state index is 0.195. The van der Waals surface area contributed by atoms with E-state index >= 15 is 0 Å². The average molecular weight is 261 g/mol. The van der Waals surface area contributed by atoms with Gasteiger partial charge < -0.3 is 10.0 Å². The first kappa shape index (κ1) is 13.5. The van der Waals surface area contributed by atoms with Gasteiger partial charge in [-0.1, -0.05) is 11.6 Å². The van der Waals surface area contributed by atoms with Crippen molar-refractivity contribution in [1.82, 2.24) is 15.1 Å². The van der Waals surface area contributed by atoms with Crippen molar-refractivity contribution in [1.29, 1.82) is 0 Å². The van der Waals surface area contributed by atoms with Crippen LogP contribution in [0.4, 0.5) is 0 Å². The Morgan fingerprint density at radius 3 is 2.79 bits per heavy atom. The quantitative estimate of drug-likeness (QED) is 0.883. The smallest absolute Gasteiger partial charge is 0.274 e. The van der Waals surface area contributed by atoms with Gasteiger partial charge in [0.2, 0.25) is 0 Å². The third-order valence-corrected chi connectivity index (χ3v) is 2.89. The number of aryl methyl sites for hydroxylation is 1. The zero-order valence-corrected chi connectivity index (χ0v) is 11.7. The molecule has 0 radical (unpaired) electrons. The molecule has 5 nitrogen and oxygen atoms in total. The highest BCUT2D eigenvalue weighted by Crippen LogP contribution is 2.19. The summed E-state index contributed by atoms with van der Waals surface area (Å²) < 4.78 is 0. The Labute approximate surface area is 112 Å². The summed E-state index contributed by atoms with van der Waals surface area (Å²) >= 11 is 0. The van der Waals surface area contributed by atoms with E-state index in [1.807, 2.05) is 25.1 Å². The number of rotatable bonds is 3. The van der Waals surface area contributed by atoms with E-state index in [1.54, 1.807) is 20.9 Å². The molecule has 0 fully saturated rings. The molecule has 19 heavy (non-hydrogen) atoms. The number of benzene rings is 1. The van der Waals surface area contributed by atoms with Gasteiger partial charge >= 0.3 is 0 Å². The number of aromatic nitrogens is 2. The van der Waals surface area contributed by atoms with Crippen LogP contribution in [0.3, 0.4) is 0 Å². The summed E-state index contributed by atoms with van der Waals surface area (Å²) in [5.74, 6) is -0.195. The molecule has 1 aromatic carbocycles. The van der Waals surface area contributed by atoms with Crippen LogP contribution in [0.25, 0.3) is 10.9 Å². The molecule has 1 amide bonds. The molecule has 2 aromatic rings. The van der Waals surface area contributed by atoms with E-state index in [9.17, 15) is 9.90 Å². The van der Waals surface area contributed by atoms with Crippen molar-refractivity contribution in [3.05, 3.63) is 29.5 Å². The number of carbonyl (C=O) groups is 1. The predicted octanol–water partition coefficient (Wildman–Crippen LogP) is 1.71. The fourth-order valence-corrected chi connectivity index (χ4v) is 2.12. The van der Waals surface area contributed by atoms with Crippen LogP contribution in [0.15, 0.2) is 18.2 Å². The Morgan fingerprint density at radius 2 is 2.16 bits per heavy atom. The number of amides is 1. The normalized spacial score (nSPS) is 11.8. The Hall–Kier alpha value is -1.88. The number of nitrogens with one attached hydrogen (secondary N) is 1. The zero-order chi connectivity index (χ0) is 14.2. The van der Waals surface area contributed by atoms with Crippen LogP contribution in [-0.2, 0) is 0 Å². The van der Waals surface area contributed by atoms with Gasteiger partial charge in [-0.2, -0.15) is 5.10 Å². The molecule has 0 spiro atoms. The van der Waals surface area contributed by atoms with Gasteiger partial charge in [0.15, 0.2) is 5.69 Å². The van der Waals surface area contributed by atoms with Crippen LogP contribution in [-0.4, -0.2) is 45.3 Å². The van der Waals surface area contributed by atoms with Crippen LogP contribution < -0.4 is 0 Å². The van der Waals surface area contributed by atoms with Crippen molar-refractivity contribution < 1.29 is 9.90 Å². The number of hydrogen-bond acceptors (Lipinski definition) is 3. The molecule has 1 heterocycles. The molecule has 1 aromatic heterocycles. The van der Waals surface area contributed by atoms with E-state index in [-0.39, 0.29) is 12.5 Å². The summed E-state index contributed by atoms with van der Waals surface area (Å²) in [5.41, 5.74) is 1.39. The lowest BCUT2D eigenvalue weighted by molar-refractivity contribution is 0.0366. The fourth-order valence-electron chi connectivity index (χ4n) is 2.12. The number of fused-ring (bicyclic) bond motifs is 1. The fraction of sp³-hybridized carbons (Fsp3) is 0.429. The van der Waals surface area contributed by atoms with E-state index < -0.39 is 5.60 Å². The molecule has 0 saturated heterocycles. The summed E-state index contributed by atoms with van der Waals surface area (Å²) in [4.78, 5) is 13.8. The first-order chi connectivity index (χ1) is 8.78. The topological polar surface area (TPSA) is 69.2 Å². The molecule has 2 rings (SSSR count). The molecule has 0 saturated carbocycles. The largest absolute Gasteiger partial charge is 0.389 e. The molecule has 0 unspecified atom stereocenters. The lowest BCUT2D eigenvalue weighted by Gasteiger charge is -2.25. The third-order valence-electron chi connectivity index (χ3n) is 2.89. The van der Waals surface area contributed by atoms with Gasteiger partial charge in [0, 0.05) is 19.0 Å². The highest BCUT2D eigenvalue weighted by molar-refractivity contribution is 6.04. The molecule has 0 atom stereocenters. The lowest BCUT2D eigenvalue weighted by atomic mass is 10.1. The summed E-state index contributed by atoms with van der Waals surface area (Å²) in [6.07, 6.45) is 0. The van der Waals surface area contributed by atoms with Gasteiger partial charge in [0.25, 0.3) is 5.91 Å². The Morgan fingerprint density at radius 1 is 1.47 bits per heavy atom. The number of hydrogen-bond donors (Lipinski definition) is 2. The van der Waals surface area contributed by atoms with E-state index in [0.717, 1.165) is 16.5 Å². The van der Waals surface area contributed by atoms with Gasteiger partial charge in [-0.15, -0.1) is 0 Å². The highest BCUT2D eigenvalue weighted by Gasteiger charge is 2.23. The van der Waals surface area contributed by atoms with Gasteiger partial charge in [-0.05, 0) is 32.9 Å². The highest BCUT2D eigenvalue weighted by atomic mass is 16.3. The second kappa shape index (κ2) is 4.66. The van der Waals surface area contributed by atoms with Gasteiger partial charge in [-0.25, -0.2) is 0 Å². The van der Waals surface area contributed by atoms with Crippen LogP contribution in [0.2, 0.25) is 0 Å². The summed E-state index contributed by atoms with van der Waals surface area (Å²) in [6.45, 7) is 5.57. The molecular weight excluding hydrogens is 242 g/mol. The monoisotopic (exact) mass is 261 g/mol. The second-order valence-electron chi connectivity index (χ2n) is 5.59. The average Bonchev–Trinajstić information content (AvgIpc) is 2.68. The zero-order valence-electron chi connectivity index (χ0n) is 11.7. The van der Waals surface area contributed by atoms with Gasteiger partial charge in [-0.3, -0.25) is 9.89 Å². The second-order valence-corrected chi connectivity index (χ2v) is 5.59. The Kier molecular flexibility index (Phi) is 3.32. The lowest BCUT2D eigenvalue weighted by Crippen LogP contribution is -2.39. The van der Waals surface area contributed by atoms with Crippen LogP contribution in [0.5, 0.6) is 0 Å². The molecule has 102 valence electrons. The number of likely N-dealkylation sites (N-methyl/N-ethyl adjacent to an activating group) is 1. The molecular formula is C14H19N3O2. The van der Waals surface area contributed by atoms with E-state index in [1.165, 1.54) is 4.90 Å². The van der Waals surface area contributed by atoms with Crippen LogP contribution in [0, 0.1) is 6.92 Å². The molecule has 2 N–H and O–H groups in total. The van der Waals surface area contributed by atoms with Crippen molar-refractivity contribution in [2.24, 2.45) is 0 Å². The minimum Gasteiger partial charge on any atom is -0.389 e. The summed E-state index contributed by atoms with van der Waals surface area (Å²) in [7, 11) is 1.66. The third kappa shape index (κ3) is 2.93. The first-order valence-corrected chi connectivity index (χ1v) is 6.20. The summed E-state index contributed by atoms with van der Waals surface area (Å²) in [5, 5.41) is 17.5. The van der Waals surface area contributed by atoms with Gasteiger partial charge in [0.1, 0.15) is 0 Å². The minimum atomic E-state index is -0.924. The van der Waals surface area contributed by atoms with E-state index in [2.05, 4.69) is 10.2 Å². The SMILES string of the molecule is Cc1ccc2[nH]nc(C(=O)N(C)CC(C)(C)O)c2c1. The maximum Gasteiger partial charge on any atom is 0.274 e. The molecule has 0 bridgehead atoms. The van der Waals surface area contributed by atoms with Crippen LogP contribution >= 0.6 is 0 Å². The van der Waals surface area contributed by atoms with Gasteiger partial charge in [0.05, 0.1) is 11.1 Å². The Balaban J connectivity index is 2.34. The Bertz CT molecular complexity index is 611. The number of nitrogens with zero attached hydrogens (tertiary/aromatic N) is 2.